The first-order chi connectivity index (χ1) is 8.63. The topological polar surface area (TPSA) is 55.1 Å². The van der Waals surface area contributed by atoms with Crippen LogP contribution < -0.4 is 11.1 Å². The molecule has 1 amide bonds. The average molecular weight is 267 g/mol. The first-order valence-corrected chi connectivity index (χ1v) is 6.84. The Morgan fingerprint density at radius 3 is 3.11 bits per heavy atom. The summed E-state index contributed by atoms with van der Waals surface area (Å²) in [6, 6.07) is 5.52. The lowest BCUT2D eigenvalue weighted by atomic mass is 10.1. The van der Waals surface area contributed by atoms with Gasteiger partial charge in [-0.1, -0.05) is 37.1 Å². The summed E-state index contributed by atoms with van der Waals surface area (Å²) in [5, 5.41) is 3.82. The minimum Gasteiger partial charge on any atom is -0.348 e. The molecule has 1 aromatic rings. The van der Waals surface area contributed by atoms with E-state index in [-0.39, 0.29) is 11.9 Å². The predicted molar refractivity (Wildman–Crippen MR) is 73.5 cm³/mol. The summed E-state index contributed by atoms with van der Waals surface area (Å²) >= 11 is 6.15. The molecule has 0 fully saturated rings. The molecule has 3 nitrogen and oxygen atoms in total. The van der Waals surface area contributed by atoms with Gasteiger partial charge in [0.15, 0.2) is 0 Å². The van der Waals surface area contributed by atoms with Crippen LogP contribution in [-0.4, -0.2) is 11.9 Å². The Hall–Kier alpha value is -1.06. The predicted octanol–water partition coefficient (Wildman–Crippen LogP) is 2.57. The summed E-state index contributed by atoms with van der Waals surface area (Å²) in [7, 11) is 0. The number of benzene rings is 1. The van der Waals surface area contributed by atoms with E-state index in [1.54, 1.807) is 0 Å². The Kier molecular flexibility index (Phi) is 4.25. The maximum Gasteiger partial charge on any atom is 0.237 e. The Bertz CT molecular complexity index is 447. The van der Waals surface area contributed by atoms with Crippen molar-refractivity contribution in [1.29, 1.82) is 0 Å². The van der Waals surface area contributed by atoms with Gasteiger partial charge in [0.05, 0.1) is 12.1 Å². The normalized spacial score (nSPS) is 19.4. The van der Waals surface area contributed by atoms with E-state index in [1.807, 2.05) is 25.1 Å². The molecule has 0 saturated carbocycles. The Balaban J connectivity index is 2.06. The fourth-order valence-electron chi connectivity index (χ4n) is 2.48. The number of hydrogen-bond acceptors (Lipinski definition) is 2. The molecule has 1 aromatic carbocycles. The molecule has 0 radical (unpaired) electrons. The van der Waals surface area contributed by atoms with Crippen LogP contribution in [0.5, 0.6) is 0 Å². The highest BCUT2D eigenvalue weighted by Gasteiger charge is 2.26. The van der Waals surface area contributed by atoms with Crippen LogP contribution in [0.1, 0.15) is 43.4 Å². The third-order valence-electron chi connectivity index (χ3n) is 3.47. The molecular formula is C14H19ClN2O. The summed E-state index contributed by atoms with van der Waals surface area (Å²) < 4.78 is 0. The molecule has 0 spiro atoms. The lowest BCUT2D eigenvalue weighted by Crippen LogP contribution is -2.41. The molecule has 0 bridgehead atoms. The van der Waals surface area contributed by atoms with E-state index in [1.165, 1.54) is 0 Å². The van der Waals surface area contributed by atoms with E-state index in [9.17, 15) is 4.79 Å². The summed E-state index contributed by atoms with van der Waals surface area (Å²) in [5.74, 6) is -0.0605. The largest absolute Gasteiger partial charge is 0.348 e. The van der Waals surface area contributed by atoms with E-state index in [0.717, 1.165) is 41.8 Å². The quantitative estimate of drug-likeness (QED) is 0.880. The minimum atomic E-state index is -0.404. The monoisotopic (exact) mass is 266 g/mol. The summed E-state index contributed by atoms with van der Waals surface area (Å²) in [6.07, 6.45) is 3.47. The van der Waals surface area contributed by atoms with Gasteiger partial charge in [0.25, 0.3) is 0 Å². The van der Waals surface area contributed by atoms with Gasteiger partial charge in [0, 0.05) is 5.02 Å². The molecule has 2 atom stereocenters. The molecular weight excluding hydrogens is 248 g/mol. The molecule has 0 heterocycles. The molecule has 2 unspecified atom stereocenters. The van der Waals surface area contributed by atoms with Gasteiger partial charge in [-0.05, 0) is 36.5 Å². The highest BCUT2D eigenvalue weighted by molar-refractivity contribution is 6.31. The lowest BCUT2D eigenvalue weighted by Gasteiger charge is -2.17. The molecule has 3 N–H and O–H groups in total. The van der Waals surface area contributed by atoms with Crippen LogP contribution in [-0.2, 0) is 11.2 Å². The van der Waals surface area contributed by atoms with Crippen LogP contribution in [0.2, 0.25) is 5.02 Å². The molecule has 98 valence electrons. The number of nitrogens with one attached hydrogen (secondary N) is 1. The Labute approximate surface area is 113 Å². The Morgan fingerprint density at radius 1 is 1.61 bits per heavy atom. The van der Waals surface area contributed by atoms with Crippen LogP contribution >= 0.6 is 11.6 Å². The fourth-order valence-corrected chi connectivity index (χ4v) is 2.76. The van der Waals surface area contributed by atoms with Crippen molar-refractivity contribution in [2.24, 2.45) is 5.73 Å². The average Bonchev–Trinajstić information content (AvgIpc) is 2.74. The molecule has 0 aromatic heterocycles. The van der Waals surface area contributed by atoms with E-state index in [2.05, 4.69) is 5.32 Å². The molecule has 2 rings (SSSR count). The number of rotatable bonds is 4. The number of carbonyl (C=O) groups excluding carboxylic acids is 1. The second kappa shape index (κ2) is 5.72. The van der Waals surface area contributed by atoms with Crippen LogP contribution in [0, 0.1) is 0 Å². The van der Waals surface area contributed by atoms with Crippen molar-refractivity contribution in [2.45, 2.75) is 44.7 Å². The number of carbonyl (C=O) groups is 1. The second-order valence-electron chi connectivity index (χ2n) is 4.80. The maximum atomic E-state index is 11.9. The zero-order chi connectivity index (χ0) is 13.1. The first kappa shape index (κ1) is 13.4. The van der Waals surface area contributed by atoms with Crippen molar-refractivity contribution in [3.8, 4) is 0 Å². The van der Waals surface area contributed by atoms with Gasteiger partial charge in [0.2, 0.25) is 5.91 Å². The van der Waals surface area contributed by atoms with E-state index in [0.29, 0.717) is 0 Å². The highest BCUT2D eigenvalue weighted by Crippen LogP contribution is 2.35. The summed E-state index contributed by atoms with van der Waals surface area (Å²) in [5.41, 5.74) is 8.12. The first-order valence-electron chi connectivity index (χ1n) is 6.46. The smallest absolute Gasteiger partial charge is 0.237 e. The van der Waals surface area contributed by atoms with Gasteiger partial charge >= 0.3 is 0 Å². The van der Waals surface area contributed by atoms with Crippen molar-refractivity contribution >= 4 is 17.5 Å². The van der Waals surface area contributed by atoms with E-state index >= 15 is 0 Å². The fraction of sp³-hybridized carbons (Fsp3) is 0.500. The van der Waals surface area contributed by atoms with E-state index in [4.69, 9.17) is 17.3 Å². The van der Waals surface area contributed by atoms with Crippen molar-refractivity contribution in [3.05, 3.63) is 34.3 Å². The number of hydrogen-bond donors (Lipinski definition) is 2. The number of halogens is 1. The maximum absolute atomic E-state index is 11.9. The number of nitrogens with two attached hydrogens (primary N) is 1. The SMILES string of the molecule is CCCC(N)C(=O)NC1CCc2c(Cl)cccc21. The van der Waals surface area contributed by atoms with Gasteiger partial charge in [-0.2, -0.15) is 0 Å². The van der Waals surface area contributed by atoms with Crippen LogP contribution in [0.4, 0.5) is 0 Å². The highest BCUT2D eigenvalue weighted by atomic mass is 35.5. The molecule has 0 aliphatic heterocycles. The molecule has 0 saturated heterocycles. The van der Waals surface area contributed by atoms with Crippen LogP contribution in [0.15, 0.2) is 18.2 Å². The van der Waals surface area contributed by atoms with Gasteiger partial charge in [-0.15, -0.1) is 0 Å². The minimum absolute atomic E-state index is 0.0605. The summed E-state index contributed by atoms with van der Waals surface area (Å²) in [6.45, 7) is 2.03. The summed E-state index contributed by atoms with van der Waals surface area (Å²) in [4.78, 5) is 11.9. The molecule has 1 aliphatic carbocycles. The van der Waals surface area contributed by atoms with Crippen molar-refractivity contribution in [3.63, 3.8) is 0 Å². The standard InChI is InChI=1S/C14H19ClN2O/c1-2-4-12(16)14(18)17-13-8-7-9-10(13)5-3-6-11(9)15/h3,5-6,12-13H,2,4,7-8,16H2,1H3,(H,17,18). The van der Waals surface area contributed by atoms with Gasteiger partial charge in [0.1, 0.15) is 0 Å². The third-order valence-corrected chi connectivity index (χ3v) is 3.82. The lowest BCUT2D eigenvalue weighted by molar-refractivity contribution is -0.123. The van der Waals surface area contributed by atoms with Crippen molar-refractivity contribution < 1.29 is 4.79 Å². The van der Waals surface area contributed by atoms with E-state index < -0.39 is 6.04 Å². The van der Waals surface area contributed by atoms with Crippen LogP contribution in [0.3, 0.4) is 0 Å². The van der Waals surface area contributed by atoms with Crippen molar-refractivity contribution in [1.82, 2.24) is 5.32 Å². The zero-order valence-electron chi connectivity index (χ0n) is 10.6. The second-order valence-corrected chi connectivity index (χ2v) is 5.21. The van der Waals surface area contributed by atoms with Gasteiger partial charge < -0.3 is 11.1 Å². The van der Waals surface area contributed by atoms with Crippen LogP contribution in [0.25, 0.3) is 0 Å². The number of amides is 1. The zero-order valence-corrected chi connectivity index (χ0v) is 11.3. The molecule has 1 aliphatic rings. The number of fused-ring (bicyclic) bond motifs is 1. The van der Waals surface area contributed by atoms with Gasteiger partial charge in [-0.25, -0.2) is 0 Å². The molecule has 18 heavy (non-hydrogen) atoms. The Morgan fingerprint density at radius 2 is 2.39 bits per heavy atom. The third kappa shape index (κ3) is 2.68. The molecule has 4 heteroatoms. The van der Waals surface area contributed by atoms with Crippen molar-refractivity contribution in [2.75, 3.05) is 0 Å². The van der Waals surface area contributed by atoms with Gasteiger partial charge in [-0.3, -0.25) is 4.79 Å².